The van der Waals surface area contributed by atoms with Crippen molar-refractivity contribution in [3.05, 3.63) is 59.2 Å². The molecule has 2 rings (SSSR count). The number of methoxy groups -OCH3 is 2. The van der Waals surface area contributed by atoms with Crippen LogP contribution in [0.2, 0.25) is 0 Å². The molecule has 0 atom stereocenters. The van der Waals surface area contributed by atoms with Crippen LogP contribution in [0.1, 0.15) is 21.5 Å². The van der Waals surface area contributed by atoms with Crippen LogP contribution in [-0.2, 0) is 6.61 Å². The Morgan fingerprint density at radius 1 is 1.00 bits per heavy atom. The van der Waals surface area contributed by atoms with E-state index in [9.17, 15) is 9.90 Å². The van der Waals surface area contributed by atoms with E-state index in [0.717, 1.165) is 0 Å². The lowest BCUT2D eigenvalue weighted by Gasteiger charge is -2.09. The molecule has 0 saturated carbocycles. The normalized spacial score (nSPS) is 10.2. The lowest BCUT2D eigenvalue weighted by Crippen LogP contribution is -2.03. The van der Waals surface area contributed by atoms with Gasteiger partial charge in [0.05, 0.1) is 20.8 Å². The van der Waals surface area contributed by atoms with Gasteiger partial charge in [0.25, 0.3) is 0 Å². The van der Waals surface area contributed by atoms with Gasteiger partial charge in [0.1, 0.15) is 11.5 Å². The van der Waals surface area contributed by atoms with Gasteiger partial charge < -0.3 is 14.6 Å². The number of aliphatic hydroxyl groups excluding tert-OH is 1. The highest BCUT2D eigenvalue weighted by molar-refractivity contribution is 6.09. The minimum Gasteiger partial charge on any atom is -0.497 e. The number of carbonyl (C=O) groups is 1. The molecule has 0 saturated heterocycles. The number of ketones is 1. The van der Waals surface area contributed by atoms with Gasteiger partial charge in [-0.25, -0.2) is 0 Å². The van der Waals surface area contributed by atoms with Crippen molar-refractivity contribution >= 4 is 5.78 Å². The quantitative estimate of drug-likeness (QED) is 0.849. The van der Waals surface area contributed by atoms with Crippen LogP contribution in [0.25, 0.3) is 0 Å². The number of carbonyl (C=O) groups excluding carboxylic acids is 1. The summed E-state index contributed by atoms with van der Waals surface area (Å²) in [4.78, 5) is 12.4. The Morgan fingerprint density at radius 2 is 1.65 bits per heavy atom. The summed E-state index contributed by atoms with van der Waals surface area (Å²) in [5, 5.41) is 9.17. The van der Waals surface area contributed by atoms with Crippen LogP contribution >= 0.6 is 0 Å². The zero-order valence-electron chi connectivity index (χ0n) is 11.4. The van der Waals surface area contributed by atoms with Crippen molar-refractivity contribution in [2.45, 2.75) is 6.61 Å². The highest BCUT2D eigenvalue weighted by Crippen LogP contribution is 2.22. The third kappa shape index (κ3) is 2.81. The van der Waals surface area contributed by atoms with E-state index in [-0.39, 0.29) is 12.4 Å². The first-order chi connectivity index (χ1) is 9.69. The monoisotopic (exact) mass is 272 g/mol. The summed E-state index contributed by atoms with van der Waals surface area (Å²) in [6, 6.07) is 11.9. The standard InChI is InChI=1S/C16H16O4/c1-19-14-7-5-11(6-8-14)16(18)12-3-4-13(10-17)15(9-12)20-2/h3-9,17H,10H2,1-2H3. The van der Waals surface area contributed by atoms with Gasteiger partial charge in [-0.15, -0.1) is 0 Å². The first-order valence-electron chi connectivity index (χ1n) is 6.16. The maximum atomic E-state index is 12.4. The van der Waals surface area contributed by atoms with Gasteiger partial charge >= 0.3 is 0 Å². The van der Waals surface area contributed by atoms with Gasteiger partial charge in [0, 0.05) is 16.7 Å². The molecule has 104 valence electrons. The molecule has 0 unspecified atom stereocenters. The van der Waals surface area contributed by atoms with Crippen LogP contribution in [0.3, 0.4) is 0 Å². The van der Waals surface area contributed by atoms with Crippen LogP contribution in [0.4, 0.5) is 0 Å². The molecule has 0 aliphatic heterocycles. The molecule has 1 N–H and O–H groups in total. The molecule has 0 radical (unpaired) electrons. The molecule has 0 heterocycles. The summed E-state index contributed by atoms with van der Waals surface area (Å²) in [5.74, 6) is 1.11. The topological polar surface area (TPSA) is 55.8 Å². The fourth-order valence-electron chi connectivity index (χ4n) is 1.93. The molecule has 0 bridgehead atoms. The minimum absolute atomic E-state index is 0.101. The van der Waals surface area contributed by atoms with E-state index in [0.29, 0.717) is 28.2 Å². The van der Waals surface area contributed by atoms with E-state index >= 15 is 0 Å². The number of hydrogen-bond donors (Lipinski definition) is 1. The summed E-state index contributed by atoms with van der Waals surface area (Å²) >= 11 is 0. The predicted octanol–water partition coefficient (Wildman–Crippen LogP) is 2.43. The van der Waals surface area contributed by atoms with Crippen molar-refractivity contribution in [1.82, 2.24) is 0 Å². The number of aliphatic hydroxyl groups is 1. The Balaban J connectivity index is 2.32. The second-order valence-corrected chi connectivity index (χ2v) is 4.24. The van der Waals surface area contributed by atoms with Gasteiger partial charge in [-0.05, 0) is 30.3 Å². The second-order valence-electron chi connectivity index (χ2n) is 4.24. The van der Waals surface area contributed by atoms with E-state index < -0.39 is 0 Å². The number of ether oxygens (including phenoxy) is 2. The molecule has 20 heavy (non-hydrogen) atoms. The number of benzene rings is 2. The fourth-order valence-corrected chi connectivity index (χ4v) is 1.93. The molecule has 0 amide bonds. The van der Waals surface area contributed by atoms with Gasteiger partial charge in [0.2, 0.25) is 0 Å². The molecule has 4 heteroatoms. The fraction of sp³-hybridized carbons (Fsp3) is 0.188. The average Bonchev–Trinajstić information content (AvgIpc) is 2.53. The summed E-state index contributed by atoms with van der Waals surface area (Å²) in [7, 11) is 3.09. The van der Waals surface area contributed by atoms with Gasteiger partial charge in [-0.2, -0.15) is 0 Å². The molecule has 0 aliphatic carbocycles. The second kappa shape index (κ2) is 6.21. The maximum absolute atomic E-state index is 12.4. The van der Waals surface area contributed by atoms with Gasteiger partial charge in [-0.1, -0.05) is 12.1 Å². The Morgan fingerprint density at radius 3 is 2.20 bits per heavy atom. The molecule has 2 aromatic rings. The molecule has 0 fully saturated rings. The molecule has 0 spiro atoms. The maximum Gasteiger partial charge on any atom is 0.193 e. The van der Waals surface area contributed by atoms with E-state index in [1.165, 1.54) is 7.11 Å². The van der Waals surface area contributed by atoms with Crippen LogP contribution in [0.15, 0.2) is 42.5 Å². The SMILES string of the molecule is COc1ccc(C(=O)c2ccc(CO)c(OC)c2)cc1. The first-order valence-corrected chi connectivity index (χ1v) is 6.16. The van der Waals surface area contributed by atoms with Crippen molar-refractivity contribution in [1.29, 1.82) is 0 Å². The lowest BCUT2D eigenvalue weighted by molar-refractivity contribution is 0.103. The van der Waals surface area contributed by atoms with Crippen molar-refractivity contribution in [3.63, 3.8) is 0 Å². The Kier molecular flexibility index (Phi) is 4.38. The molecule has 0 aliphatic rings. The smallest absolute Gasteiger partial charge is 0.193 e. The molecule has 0 aromatic heterocycles. The van der Waals surface area contributed by atoms with E-state index in [1.807, 2.05) is 0 Å². The highest BCUT2D eigenvalue weighted by Gasteiger charge is 2.12. The number of rotatable bonds is 5. The lowest BCUT2D eigenvalue weighted by atomic mass is 10.0. The molecule has 2 aromatic carbocycles. The molecular formula is C16H16O4. The van der Waals surface area contributed by atoms with Gasteiger partial charge in [-0.3, -0.25) is 4.79 Å². The van der Waals surface area contributed by atoms with E-state index in [1.54, 1.807) is 49.6 Å². The summed E-state index contributed by atoms with van der Waals surface area (Å²) < 4.78 is 10.2. The van der Waals surface area contributed by atoms with Crippen LogP contribution in [0, 0.1) is 0 Å². The summed E-state index contributed by atoms with van der Waals surface area (Å²) in [6.07, 6.45) is 0. The summed E-state index contributed by atoms with van der Waals surface area (Å²) in [5.41, 5.74) is 1.74. The zero-order valence-corrected chi connectivity index (χ0v) is 11.4. The average molecular weight is 272 g/mol. The number of hydrogen-bond acceptors (Lipinski definition) is 4. The third-order valence-corrected chi connectivity index (χ3v) is 3.07. The van der Waals surface area contributed by atoms with Crippen LogP contribution in [-0.4, -0.2) is 25.1 Å². The van der Waals surface area contributed by atoms with Gasteiger partial charge in [0.15, 0.2) is 5.78 Å². The Hall–Kier alpha value is -2.33. The Labute approximate surface area is 117 Å². The van der Waals surface area contributed by atoms with Crippen molar-refractivity contribution in [2.75, 3.05) is 14.2 Å². The zero-order chi connectivity index (χ0) is 14.5. The summed E-state index contributed by atoms with van der Waals surface area (Å²) in [6.45, 7) is -0.125. The highest BCUT2D eigenvalue weighted by atomic mass is 16.5. The van der Waals surface area contributed by atoms with Crippen LogP contribution < -0.4 is 9.47 Å². The minimum atomic E-state index is -0.125. The molecular weight excluding hydrogens is 256 g/mol. The Bertz CT molecular complexity index is 602. The van der Waals surface area contributed by atoms with E-state index in [2.05, 4.69) is 0 Å². The molecule has 4 nitrogen and oxygen atoms in total. The van der Waals surface area contributed by atoms with Crippen molar-refractivity contribution in [3.8, 4) is 11.5 Å². The van der Waals surface area contributed by atoms with Crippen LogP contribution in [0.5, 0.6) is 11.5 Å². The third-order valence-electron chi connectivity index (χ3n) is 3.07. The predicted molar refractivity (Wildman–Crippen MR) is 75.3 cm³/mol. The van der Waals surface area contributed by atoms with E-state index in [4.69, 9.17) is 9.47 Å². The largest absolute Gasteiger partial charge is 0.497 e. The first kappa shape index (κ1) is 14.1. The van der Waals surface area contributed by atoms with Crippen molar-refractivity contribution < 1.29 is 19.4 Å². The van der Waals surface area contributed by atoms with Crippen molar-refractivity contribution in [2.24, 2.45) is 0 Å².